The van der Waals surface area contributed by atoms with E-state index >= 15 is 0 Å². The Bertz CT molecular complexity index is 234. The Morgan fingerprint density at radius 3 is 2.38 bits per heavy atom. The quantitative estimate of drug-likeness (QED) is 0.575. The molecule has 1 fully saturated rings. The van der Waals surface area contributed by atoms with Gasteiger partial charge in [-0.25, -0.2) is 0 Å². The van der Waals surface area contributed by atoms with E-state index in [4.69, 9.17) is 0 Å². The Morgan fingerprint density at radius 1 is 1.38 bits per heavy atom. The van der Waals surface area contributed by atoms with Gasteiger partial charge >= 0.3 is 0 Å². The topological polar surface area (TPSA) is 66.5 Å². The lowest BCUT2D eigenvalue weighted by atomic mass is 10.2. The molecule has 5 nitrogen and oxygen atoms in total. The van der Waals surface area contributed by atoms with Crippen molar-refractivity contribution in [3.8, 4) is 0 Å². The summed E-state index contributed by atoms with van der Waals surface area (Å²) < 4.78 is 0. The molecule has 0 radical (unpaired) electrons. The standard InChI is InChI=1S/C8H12N2O3/c1-2-3-8(13)10-4-6(11)9-7(12)5-10/h2-5H2,1H3,(H,9,11,12). The van der Waals surface area contributed by atoms with Gasteiger partial charge in [-0.2, -0.15) is 0 Å². The zero-order valence-electron chi connectivity index (χ0n) is 7.50. The summed E-state index contributed by atoms with van der Waals surface area (Å²) in [4.78, 5) is 34.3. The van der Waals surface area contributed by atoms with Crippen molar-refractivity contribution in [1.29, 1.82) is 0 Å². The van der Waals surface area contributed by atoms with E-state index in [-0.39, 0.29) is 19.0 Å². The summed E-state index contributed by atoms with van der Waals surface area (Å²) in [6.07, 6.45) is 1.12. The predicted molar refractivity (Wildman–Crippen MR) is 44.6 cm³/mol. The fraction of sp³-hybridized carbons (Fsp3) is 0.625. The summed E-state index contributed by atoms with van der Waals surface area (Å²) in [6, 6.07) is 0. The first-order valence-corrected chi connectivity index (χ1v) is 4.24. The van der Waals surface area contributed by atoms with Gasteiger partial charge < -0.3 is 4.90 Å². The second-order valence-electron chi connectivity index (χ2n) is 2.97. The maximum atomic E-state index is 11.3. The number of carbonyl (C=O) groups is 3. The van der Waals surface area contributed by atoms with E-state index in [0.717, 1.165) is 6.42 Å². The van der Waals surface area contributed by atoms with Crippen molar-refractivity contribution >= 4 is 17.7 Å². The fourth-order valence-corrected chi connectivity index (χ4v) is 1.19. The predicted octanol–water partition coefficient (Wildman–Crippen LogP) is -0.728. The summed E-state index contributed by atoms with van der Waals surface area (Å²) in [6.45, 7) is 1.89. The van der Waals surface area contributed by atoms with E-state index in [1.807, 2.05) is 6.92 Å². The first kappa shape index (κ1) is 9.70. The molecule has 5 heteroatoms. The molecular weight excluding hydrogens is 172 g/mol. The van der Waals surface area contributed by atoms with Gasteiger partial charge in [-0.15, -0.1) is 0 Å². The second-order valence-corrected chi connectivity index (χ2v) is 2.97. The van der Waals surface area contributed by atoms with Crippen LogP contribution in [0.25, 0.3) is 0 Å². The molecule has 3 amide bonds. The first-order chi connectivity index (χ1) is 6.13. The molecule has 1 rings (SSSR count). The van der Waals surface area contributed by atoms with E-state index in [0.29, 0.717) is 6.42 Å². The minimum Gasteiger partial charge on any atom is -0.324 e. The third-order valence-corrected chi connectivity index (χ3v) is 1.76. The molecule has 0 aromatic heterocycles. The number of nitrogens with one attached hydrogen (secondary N) is 1. The molecule has 13 heavy (non-hydrogen) atoms. The number of hydrogen-bond acceptors (Lipinski definition) is 3. The molecule has 1 aliphatic rings. The van der Waals surface area contributed by atoms with Gasteiger partial charge in [-0.1, -0.05) is 6.92 Å². The van der Waals surface area contributed by atoms with Crippen molar-refractivity contribution in [2.45, 2.75) is 19.8 Å². The molecule has 0 aromatic carbocycles. The molecule has 1 saturated heterocycles. The first-order valence-electron chi connectivity index (χ1n) is 4.24. The van der Waals surface area contributed by atoms with Gasteiger partial charge in [0.05, 0.1) is 0 Å². The minimum absolute atomic E-state index is 0.00454. The largest absolute Gasteiger partial charge is 0.324 e. The molecule has 72 valence electrons. The monoisotopic (exact) mass is 184 g/mol. The number of piperazine rings is 1. The SMILES string of the molecule is CCCC(=O)N1CC(=O)NC(=O)C1. The Morgan fingerprint density at radius 2 is 1.92 bits per heavy atom. The highest BCUT2D eigenvalue weighted by atomic mass is 16.2. The molecule has 0 saturated carbocycles. The Labute approximate surface area is 76.1 Å². The maximum Gasteiger partial charge on any atom is 0.246 e. The number of amides is 3. The van der Waals surface area contributed by atoms with Crippen molar-refractivity contribution in [3.63, 3.8) is 0 Å². The van der Waals surface area contributed by atoms with E-state index in [1.165, 1.54) is 4.90 Å². The number of rotatable bonds is 2. The van der Waals surface area contributed by atoms with Crippen LogP contribution in [-0.4, -0.2) is 35.7 Å². The molecule has 0 unspecified atom stereocenters. The van der Waals surface area contributed by atoms with Gasteiger partial charge in [0, 0.05) is 6.42 Å². The highest BCUT2D eigenvalue weighted by Gasteiger charge is 2.25. The van der Waals surface area contributed by atoms with Crippen LogP contribution < -0.4 is 5.32 Å². The fourth-order valence-electron chi connectivity index (χ4n) is 1.19. The highest BCUT2D eigenvalue weighted by molar-refractivity contribution is 6.02. The lowest BCUT2D eigenvalue weighted by molar-refractivity contribution is -0.145. The highest BCUT2D eigenvalue weighted by Crippen LogP contribution is 2.00. The van der Waals surface area contributed by atoms with E-state index in [2.05, 4.69) is 5.32 Å². The van der Waals surface area contributed by atoms with Crippen molar-refractivity contribution in [2.75, 3.05) is 13.1 Å². The number of imide groups is 1. The van der Waals surface area contributed by atoms with Gasteiger partial charge in [0.15, 0.2) is 0 Å². The normalized spacial score (nSPS) is 17.2. The smallest absolute Gasteiger partial charge is 0.246 e. The lowest BCUT2D eigenvalue weighted by Crippen LogP contribution is -2.53. The van der Waals surface area contributed by atoms with Crippen LogP contribution >= 0.6 is 0 Å². The van der Waals surface area contributed by atoms with Crippen LogP contribution in [-0.2, 0) is 14.4 Å². The Hall–Kier alpha value is -1.39. The van der Waals surface area contributed by atoms with E-state index < -0.39 is 11.8 Å². The van der Waals surface area contributed by atoms with Crippen LogP contribution in [0, 0.1) is 0 Å². The van der Waals surface area contributed by atoms with Gasteiger partial charge in [0.1, 0.15) is 13.1 Å². The van der Waals surface area contributed by atoms with Crippen LogP contribution in [0.3, 0.4) is 0 Å². The Kier molecular flexibility index (Phi) is 3.00. The third-order valence-electron chi connectivity index (χ3n) is 1.76. The van der Waals surface area contributed by atoms with E-state index in [9.17, 15) is 14.4 Å². The zero-order valence-corrected chi connectivity index (χ0v) is 7.50. The van der Waals surface area contributed by atoms with Crippen molar-refractivity contribution in [2.24, 2.45) is 0 Å². The zero-order chi connectivity index (χ0) is 9.84. The minimum atomic E-state index is -0.402. The summed E-state index contributed by atoms with van der Waals surface area (Å²) >= 11 is 0. The van der Waals surface area contributed by atoms with Gasteiger partial charge in [0.25, 0.3) is 0 Å². The van der Waals surface area contributed by atoms with Crippen LogP contribution in [0.15, 0.2) is 0 Å². The molecule has 0 atom stereocenters. The molecule has 0 bridgehead atoms. The van der Waals surface area contributed by atoms with Crippen LogP contribution in [0.1, 0.15) is 19.8 Å². The van der Waals surface area contributed by atoms with Gasteiger partial charge in [0.2, 0.25) is 17.7 Å². The average Bonchev–Trinajstić information content (AvgIpc) is 2.03. The van der Waals surface area contributed by atoms with Gasteiger partial charge in [-0.3, -0.25) is 19.7 Å². The Balaban J connectivity index is 2.54. The molecule has 0 spiro atoms. The van der Waals surface area contributed by atoms with Crippen LogP contribution in [0.2, 0.25) is 0 Å². The van der Waals surface area contributed by atoms with Crippen LogP contribution in [0.4, 0.5) is 0 Å². The summed E-state index contributed by atoms with van der Waals surface area (Å²) in [5.74, 6) is -0.938. The maximum absolute atomic E-state index is 11.3. The van der Waals surface area contributed by atoms with Crippen molar-refractivity contribution in [1.82, 2.24) is 10.2 Å². The molecule has 0 aromatic rings. The summed E-state index contributed by atoms with van der Waals surface area (Å²) in [5.41, 5.74) is 0. The number of carbonyl (C=O) groups excluding carboxylic acids is 3. The number of nitrogens with zero attached hydrogens (tertiary/aromatic N) is 1. The molecular formula is C8H12N2O3. The van der Waals surface area contributed by atoms with Crippen LogP contribution in [0.5, 0.6) is 0 Å². The summed E-state index contributed by atoms with van der Waals surface area (Å²) in [5, 5.41) is 2.13. The third kappa shape index (κ3) is 2.54. The number of hydrogen-bond donors (Lipinski definition) is 1. The molecule has 1 heterocycles. The molecule has 1 aliphatic heterocycles. The van der Waals surface area contributed by atoms with E-state index in [1.54, 1.807) is 0 Å². The summed E-state index contributed by atoms with van der Waals surface area (Å²) in [7, 11) is 0. The average molecular weight is 184 g/mol. The van der Waals surface area contributed by atoms with Crippen molar-refractivity contribution < 1.29 is 14.4 Å². The van der Waals surface area contributed by atoms with Crippen molar-refractivity contribution in [3.05, 3.63) is 0 Å². The lowest BCUT2D eigenvalue weighted by Gasteiger charge is -2.25. The molecule has 1 N–H and O–H groups in total. The van der Waals surface area contributed by atoms with Gasteiger partial charge in [-0.05, 0) is 6.42 Å². The second kappa shape index (κ2) is 4.02. The molecule has 0 aliphatic carbocycles.